The summed E-state index contributed by atoms with van der Waals surface area (Å²) in [6.45, 7) is 2.90. The van der Waals surface area contributed by atoms with Gasteiger partial charge in [-0.3, -0.25) is 9.69 Å². The van der Waals surface area contributed by atoms with Crippen LogP contribution in [0.3, 0.4) is 0 Å². The number of methoxy groups -OCH3 is 1. The molecular weight excluding hydrogens is 522 g/mol. The van der Waals surface area contributed by atoms with E-state index < -0.39 is 5.41 Å². The van der Waals surface area contributed by atoms with E-state index in [1.165, 1.54) is 23.1 Å². The van der Waals surface area contributed by atoms with E-state index >= 15 is 0 Å². The predicted molar refractivity (Wildman–Crippen MR) is 157 cm³/mol. The Hall–Kier alpha value is -3.01. The first-order chi connectivity index (χ1) is 19.4. The van der Waals surface area contributed by atoms with Crippen LogP contribution in [0.1, 0.15) is 35.9 Å². The second kappa shape index (κ2) is 11.1. The van der Waals surface area contributed by atoms with Gasteiger partial charge in [-0.2, -0.15) is 0 Å². The highest BCUT2D eigenvalue weighted by Gasteiger charge is 2.57. The van der Waals surface area contributed by atoms with Gasteiger partial charge in [0.15, 0.2) is 0 Å². The van der Waals surface area contributed by atoms with Crippen molar-refractivity contribution < 1.29 is 14.3 Å². The van der Waals surface area contributed by atoms with Crippen LogP contribution in [-0.2, 0) is 9.53 Å². The Balaban J connectivity index is 1.34. The Labute approximate surface area is 241 Å². The van der Waals surface area contributed by atoms with Gasteiger partial charge in [-0.05, 0) is 44.0 Å². The number of amides is 2. The summed E-state index contributed by atoms with van der Waals surface area (Å²) >= 11 is 1.79. The molecule has 40 heavy (non-hydrogen) atoms. The van der Waals surface area contributed by atoms with E-state index in [1.807, 2.05) is 20.2 Å². The van der Waals surface area contributed by atoms with Gasteiger partial charge in [-0.25, -0.2) is 4.79 Å². The molecule has 5 atom stereocenters. The number of fused-ring (bicyclic) bond motifs is 1. The molecule has 1 unspecified atom stereocenters. The number of carbonyl (C=O) groups is 2. The Morgan fingerprint density at radius 1 is 1.05 bits per heavy atom. The van der Waals surface area contributed by atoms with E-state index in [4.69, 9.17) is 4.74 Å². The molecule has 4 aliphatic heterocycles. The minimum atomic E-state index is -0.501. The molecule has 212 valence electrons. The minimum Gasteiger partial charge on any atom is -0.453 e. The number of likely N-dealkylation sites (tertiary alicyclic amines) is 1. The van der Waals surface area contributed by atoms with Crippen LogP contribution in [0.2, 0.25) is 0 Å². The molecule has 8 nitrogen and oxygen atoms in total. The smallest absolute Gasteiger partial charge is 0.409 e. The van der Waals surface area contributed by atoms with Gasteiger partial charge < -0.3 is 25.2 Å². The van der Waals surface area contributed by atoms with Gasteiger partial charge in [-0.15, -0.1) is 0 Å². The van der Waals surface area contributed by atoms with E-state index in [9.17, 15) is 9.59 Å². The maximum absolute atomic E-state index is 14.7. The molecule has 9 heteroatoms. The summed E-state index contributed by atoms with van der Waals surface area (Å²) in [6.07, 6.45) is 1.48. The third-order valence-corrected chi connectivity index (χ3v) is 10.7. The lowest BCUT2D eigenvalue weighted by molar-refractivity contribution is -0.142. The molecule has 0 aromatic heterocycles. The predicted octanol–water partition coefficient (Wildman–Crippen LogP) is 3.81. The molecule has 2 amide bonds. The van der Waals surface area contributed by atoms with Crippen molar-refractivity contribution in [3.8, 4) is 0 Å². The number of rotatable bonds is 4. The maximum Gasteiger partial charge on any atom is 0.409 e. The first kappa shape index (κ1) is 27.2. The van der Waals surface area contributed by atoms with Gasteiger partial charge in [0.2, 0.25) is 5.91 Å². The lowest BCUT2D eigenvalue weighted by Crippen LogP contribution is -2.55. The number of piperidine rings is 1. The molecule has 6 rings (SSSR count). The largest absolute Gasteiger partial charge is 0.453 e. The molecule has 2 aromatic rings. The second-order valence-corrected chi connectivity index (χ2v) is 12.7. The first-order valence-electron chi connectivity index (χ1n) is 14.2. The molecule has 0 saturated carbocycles. The Morgan fingerprint density at radius 2 is 1.75 bits per heavy atom. The van der Waals surface area contributed by atoms with Crippen LogP contribution in [0.25, 0.3) is 0 Å². The van der Waals surface area contributed by atoms with Crippen molar-refractivity contribution in [2.75, 3.05) is 53.9 Å². The minimum absolute atomic E-state index is 0.00272. The summed E-state index contributed by atoms with van der Waals surface area (Å²) in [6, 6.07) is 21.2. The van der Waals surface area contributed by atoms with Crippen molar-refractivity contribution in [2.24, 2.45) is 11.3 Å². The fraction of sp³-hybridized carbons (Fsp3) is 0.484. The monoisotopic (exact) mass is 561 g/mol. The quantitative estimate of drug-likeness (QED) is 0.588. The topological polar surface area (TPSA) is 77.1 Å². The maximum atomic E-state index is 14.7. The van der Waals surface area contributed by atoms with Gasteiger partial charge in [0, 0.05) is 42.2 Å². The Kier molecular flexibility index (Phi) is 7.54. The third-order valence-electron chi connectivity index (χ3n) is 9.07. The van der Waals surface area contributed by atoms with Gasteiger partial charge in [0.05, 0.1) is 25.6 Å². The van der Waals surface area contributed by atoms with E-state index in [0.29, 0.717) is 38.6 Å². The van der Waals surface area contributed by atoms with Crippen LogP contribution in [0.4, 0.5) is 4.79 Å². The summed E-state index contributed by atoms with van der Waals surface area (Å²) in [5.41, 5.74) is 3.12. The van der Waals surface area contributed by atoms with E-state index in [0.717, 1.165) is 18.5 Å². The zero-order valence-electron chi connectivity index (χ0n) is 23.5. The Bertz CT molecular complexity index is 1270. The number of nitrogens with one attached hydrogen (secondary N) is 2. The molecule has 0 aliphatic carbocycles. The molecule has 1 spiro atoms. The zero-order chi connectivity index (χ0) is 27.9. The second-order valence-electron chi connectivity index (χ2n) is 11.6. The SMILES string of the molecule is COC(=O)N1CC2=C(SC(N(C)C)N2)[C@@]2(CNC[C@H]2C(=O)N2CC[C@@H](c3ccccc3)C[C@H]2c2ccccc2)C1. The van der Waals surface area contributed by atoms with Gasteiger partial charge >= 0.3 is 6.09 Å². The van der Waals surface area contributed by atoms with Crippen molar-refractivity contribution >= 4 is 23.8 Å². The molecule has 0 bridgehead atoms. The van der Waals surface area contributed by atoms with Crippen molar-refractivity contribution in [3.63, 3.8) is 0 Å². The van der Waals surface area contributed by atoms with E-state index in [2.05, 4.69) is 75.0 Å². The highest BCUT2D eigenvalue weighted by molar-refractivity contribution is 8.03. The van der Waals surface area contributed by atoms with Crippen LogP contribution >= 0.6 is 11.8 Å². The van der Waals surface area contributed by atoms with E-state index in [-0.39, 0.29) is 29.5 Å². The number of hydrogen-bond donors (Lipinski definition) is 2. The van der Waals surface area contributed by atoms with Crippen LogP contribution in [0, 0.1) is 11.3 Å². The molecule has 4 heterocycles. The van der Waals surface area contributed by atoms with E-state index in [1.54, 1.807) is 16.7 Å². The van der Waals surface area contributed by atoms with Crippen molar-refractivity contribution in [1.29, 1.82) is 0 Å². The third kappa shape index (κ3) is 4.78. The highest BCUT2D eigenvalue weighted by Crippen LogP contribution is 2.53. The number of thioether (sulfide) groups is 1. The Morgan fingerprint density at radius 3 is 2.42 bits per heavy atom. The molecule has 2 saturated heterocycles. The van der Waals surface area contributed by atoms with Gasteiger partial charge in [-0.1, -0.05) is 72.4 Å². The summed E-state index contributed by atoms with van der Waals surface area (Å²) in [4.78, 5) is 34.8. The normalized spacial score (nSPS) is 30.0. The molecule has 2 N–H and O–H groups in total. The lowest BCUT2D eigenvalue weighted by atomic mass is 9.73. The number of nitrogens with zero attached hydrogens (tertiary/aromatic N) is 3. The summed E-state index contributed by atoms with van der Waals surface area (Å²) in [5.74, 6) is 0.304. The van der Waals surface area contributed by atoms with Crippen LogP contribution < -0.4 is 10.6 Å². The fourth-order valence-corrected chi connectivity index (χ4v) is 8.46. The number of ether oxygens (including phenoxy) is 1. The number of carbonyl (C=O) groups excluding carboxylic acids is 2. The van der Waals surface area contributed by atoms with Crippen LogP contribution in [-0.4, -0.2) is 86.1 Å². The average Bonchev–Trinajstić information content (AvgIpc) is 3.62. The molecular formula is C31H39N5O3S. The molecule has 0 radical (unpaired) electrons. The van der Waals surface area contributed by atoms with Crippen molar-refractivity contribution in [3.05, 3.63) is 82.4 Å². The molecule has 4 aliphatic rings. The molecule has 2 fully saturated rings. The number of hydrogen-bond acceptors (Lipinski definition) is 7. The van der Waals surface area contributed by atoms with Crippen LogP contribution in [0.15, 0.2) is 71.3 Å². The average molecular weight is 562 g/mol. The van der Waals surface area contributed by atoms with Crippen LogP contribution in [0.5, 0.6) is 0 Å². The zero-order valence-corrected chi connectivity index (χ0v) is 24.3. The van der Waals surface area contributed by atoms with Crippen molar-refractivity contribution in [2.45, 2.75) is 30.3 Å². The summed E-state index contributed by atoms with van der Waals surface area (Å²) in [5, 5.41) is 7.18. The van der Waals surface area contributed by atoms with Gasteiger partial charge in [0.1, 0.15) is 5.50 Å². The van der Waals surface area contributed by atoms with Crippen molar-refractivity contribution in [1.82, 2.24) is 25.3 Å². The fourth-order valence-electron chi connectivity index (χ4n) is 7.05. The standard InChI is InChI=1S/C31H39N5O3S/c1-34(2)29-33-25-18-35(30(38)39-3)20-31(27(25)40-29)19-32-17-24(31)28(37)36-15-14-23(21-10-6-4-7-11-21)16-26(36)22-12-8-5-9-13-22/h4-13,23-24,26,29,32-33H,14-20H2,1-3H3/t23-,24+,26+,29?,31+/m1/s1. The number of benzene rings is 2. The van der Waals surface area contributed by atoms with Gasteiger partial charge in [0.25, 0.3) is 0 Å². The molecule has 2 aromatic carbocycles. The lowest BCUT2D eigenvalue weighted by Gasteiger charge is -2.46. The first-order valence-corrected chi connectivity index (χ1v) is 15.1. The summed E-state index contributed by atoms with van der Waals surface area (Å²) < 4.78 is 5.16. The highest BCUT2D eigenvalue weighted by atomic mass is 32.2. The summed E-state index contributed by atoms with van der Waals surface area (Å²) in [7, 11) is 5.52.